The van der Waals surface area contributed by atoms with E-state index < -0.39 is 30.6 Å². The molecule has 0 amide bonds. The Balaban J connectivity index is 2.34. The molecule has 0 aliphatic heterocycles. The molecule has 0 saturated carbocycles. The molecular formula is C44H77O7PSi2. The zero-order chi connectivity index (χ0) is 40.1. The molecule has 10 heteroatoms. The monoisotopic (exact) mass is 804 g/mol. The molecule has 2 aromatic rings. The van der Waals surface area contributed by atoms with Crippen LogP contribution < -0.4 is 10.4 Å². The summed E-state index contributed by atoms with van der Waals surface area (Å²) in [5.41, 5.74) is 0. The Morgan fingerprint density at radius 1 is 0.667 bits per heavy atom. The van der Waals surface area contributed by atoms with Gasteiger partial charge >= 0.3 is 7.82 Å². The lowest BCUT2D eigenvalue weighted by Crippen LogP contribution is -2.67. The number of benzene rings is 2. The Kier molecular flexibility index (Phi) is 21.7. The first-order chi connectivity index (χ1) is 25.5. The molecule has 7 nitrogen and oxygen atoms in total. The molecule has 2 aromatic carbocycles. The minimum absolute atomic E-state index is 0.0352. The second-order valence-electron chi connectivity index (χ2n) is 17.0. The first-order valence-corrected chi connectivity index (χ1v) is 27.2. The van der Waals surface area contributed by atoms with Gasteiger partial charge in [-0.2, -0.15) is 0 Å². The quantitative estimate of drug-likeness (QED) is 0.0367. The zero-order valence-electron chi connectivity index (χ0n) is 36.0. The van der Waals surface area contributed by atoms with Gasteiger partial charge in [-0.05, 0) is 66.3 Å². The first kappa shape index (κ1) is 48.4. The normalized spacial score (nSPS) is 13.9. The van der Waals surface area contributed by atoms with Crippen molar-refractivity contribution in [3.8, 4) is 0 Å². The van der Waals surface area contributed by atoms with Crippen LogP contribution in [0.5, 0.6) is 0 Å². The minimum Gasteiger partial charge on any atom is -0.463 e. The largest absolute Gasteiger partial charge is 0.532 e. The van der Waals surface area contributed by atoms with Crippen molar-refractivity contribution in [3.05, 3.63) is 72.7 Å². The third-order valence-corrected chi connectivity index (χ3v) is 21.6. The van der Waals surface area contributed by atoms with Crippen LogP contribution in [0.15, 0.2) is 72.7 Å². The Bertz CT molecular complexity index is 1310. The summed E-state index contributed by atoms with van der Waals surface area (Å²) in [6.07, 6.45) is 16.2. The van der Waals surface area contributed by atoms with Crippen LogP contribution in [-0.2, 0) is 31.7 Å². The number of hydrogen-bond acceptors (Lipinski definition) is 7. The van der Waals surface area contributed by atoms with Gasteiger partial charge in [-0.1, -0.05) is 173 Å². The maximum absolute atomic E-state index is 13.6. The molecule has 0 spiro atoms. The van der Waals surface area contributed by atoms with E-state index in [4.69, 9.17) is 27.2 Å². The van der Waals surface area contributed by atoms with Gasteiger partial charge < -0.3 is 18.1 Å². The molecule has 0 saturated heterocycles. The van der Waals surface area contributed by atoms with Crippen molar-refractivity contribution in [3.63, 3.8) is 0 Å². The SMILES string of the molecule is CCCCCCCCCCCCC/C=C(/OC[C@H](CO[Si](c1ccccc1)(c1ccccc1)C(C)(C)C)O[Si](C)(C)C(C)(C)C)OP(=O)(OCC)OCC. The summed E-state index contributed by atoms with van der Waals surface area (Å²) in [7, 11) is -9.01. The number of rotatable bonds is 28. The second kappa shape index (κ2) is 24.1. The standard InChI is InChI=1S/C44H77O7PSi2/c1-12-15-16-17-18-19-20-21-22-23-24-31-36-42(50-52(45,47-13-2)48-14-3)46-37-39(51-53(10,11)43(4,5)6)38-49-54(44(7,8)9,40-32-27-25-28-33-40)41-34-29-26-30-35-41/h25-30,32-36,39H,12-24,31,37-38H2,1-11H3/b42-36-/t39-/m1/s1. The highest BCUT2D eigenvalue weighted by Crippen LogP contribution is 2.51. The zero-order valence-corrected chi connectivity index (χ0v) is 38.9. The summed E-state index contributed by atoms with van der Waals surface area (Å²) in [6.45, 7) is 24.7. The third-order valence-electron chi connectivity index (χ3n) is 10.5. The molecule has 0 aliphatic rings. The van der Waals surface area contributed by atoms with E-state index in [1.807, 2.05) is 6.08 Å². The molecule has 1 atom stereocenters. The molecule has 0 aliphatic carbocycles. The van der Waals surface area contributed by atoms with Crippen LogP contribution in [0.2, 0.25) is 23.2 Å². The molecule has 0 unspecified atom stereocenters. The van der Waals surface area contributed by atoms with Crippen molar-refractivity contribution in [1.82, 2.24) is 0 Å². The van der Waals surface area contributed by atoms with Gasteiger partial charge in [0.25, 0.3) is 14.3 Å². The molecule has 0 aromatic heterocycles. The third kappa shape index (κ3) is 16.0. The Hall–Kier alpha value is -1.72. The van der Waals surface area contributed by atoms with E-state index in [1.165, 1.54) is 68.2 Å². The van der Waals surface area contributed by atoms with Gasteiger partial charge in [-0.3, -0.25) is 9.05 Å². The number of allylic oxidation sites excluding steroid dienone is 1. The van der Waals surface area contributed by atoms with Crippen molar-refractivity contribution >= 4 is 34.8 Å². The summed E-state index contributed by atoms with van der Waals surface area (Å²) in [5, 5.41) is 2.19. The molecule has 308 valence electrons. The summed E-state index contributed by atoms with van der Waals surface area (Å²) in [5.74, 6) is 0.154. The van der Waals surface area contributed by atoms with E-state index >= 15 is 0 Å². The Labute approximate surface area is 333 Å². The topological polar surface area (TPSA) is 72.5 Å². The van der Waals surface area contributed by atoms with Crippen molar-refractivity contribution in [2.75, 3.05) is 26.4 Å². The van der Waals surface area contributed by atoms with E-state index in [-0.39, 0.29) is 35.8 Å². The summed E-state index contributed by atoms with van der Waals surface area (Å²) >= 11 is 0. The number of ether oxygens (including phenoxy) is 1. The number of phosphoric ester groups is 1. The van der Waals surface area contributed by atoms with Crippen LogP contribution in [0, 0.1) is 0 Å². The molecule has 0 heterocycles. The van der Waals surface area contributed by atoms with Crippen molar-refractivity contribution in [1.29, 1.82) is 0 Å². The molecular weight excluding hydrogens is 728 g/mol. The Morgan fingerprint density at radius 2 is 1.13 bits per heavy atom. The van der Waals surface area contributed by atoms with Gasteiger partial charge in [0.15, 0.2) is 8.32 Å². The van der Waals surface area contributed by atoms with Crippen LogP contribution >= 0.6 is 7.82 Å². The van der Waals surface area contributed by atoms with Crippen molar-refractivity contribution in [2.24, 2.45) is 0 Å². The predicted octanol–water partition coefficient (Wildman–Crippen LogP) is 12.7. The van der Waals surface area contributed by atoms with Crippen molar-refractivity contribution < 1.29 is 31.7 Å². The van der Waals surface area contributed by atoms with E-state index in [0.717, 1.165) is 19.3 Å². The van der Waals surface area contributed by atoms with Crippen molar-refractivity contribution in [2.45, 2.75) is 169 Å². The lowest BCUT2D eigenvalue weighted by molar-refractivity contribution is 0.00165. The van der Waals surface area contributed by atoms with Gasteiger partial charge in [0, 0.05) is 0 Å². The molecule has 0 N–H and O–H groups in total. The van der Waals surface area contributed by atoms with Gasteiger partial charge in [0.1, 0.15) is 12.7 Å². The maximum Gasteiger partial charge on any atom is 0.532 e. The molecule has 0 radical (unpaired) electrons. The molecule has 0 bridgehead atoms. The average Bonchev–Trinajstić information content (AvgIpc) is 3.11. The summed E-state index contributed by atoms with van der Waals surface area (Å²) < 4.78 is 51.5. The van der Waals surface area contributed by atoms with Crippen LogP contribution in [-0.4, -0.2) is 49.2 Å². The van der Waals surface area contributed by atoms with E-state index in [2.05, 4.69) is 122 Å². The maximum atomic E-state index is 13.6. The fourth-order valence-electron chi connectivity index (χ4n) is 6.53. The van der Waals surface area contributed by atoms with Gasteiger partial charge in [0.2, 0.25) is 0 Å². The number of unbranched alkanes of at least 4 members (excludes halogenated alkanes) is 11. The second-order valence-corrected chi connectivity index (χ2v) is 27.7. The molecule has 2 rings (SSSR count). The number of phosphoric acid groups is 1. The van der Waals surface area contributed by atoms with Gasteiger partial charge in [-0.25, -0.2) is 4.57 Å². The number of hydrogen-bond donors (Lipinski definition) is 0. The fraction of sp³-hybridized carbons (Fsp3) is 0.682. The van der Waals surface area contributed by atoms with Crippen LogP contribution in [0.3, 0.4) is 0 Å². The lowest BCUT2D eigenvalue weighted by atomic mass is 10.1. The first-order valence-electron chi connectivity index (χ1n) is 20.9. The average molecular weight is 805 g/mol. The fourth-order valence-corrected chi connectivity index (χ4v) is 13.6. The van der Waals surface area contributed by atoms with Gasteiger partial charge in [-0.15, -0.1) is 0 Å². The highest BCUT2D eigenvalue weighted by atomic mass is 31.2. The van der Waals surface area contributed by atoms with E-state index in [9.17, 15) is 4.57 Å². The predicted molar refractivity (Wildman–Crippen MR) is 233 cm³/mol. The van der Waals surface area contributed by atoms with Crippen LogP contribution in [0.25, 0.3) is 0 Å². The lowest BCUT2D eigenvalue weighted by Gasteiger charge is -2.45. The highest BCUT2D eigenvalue weighted by molar-refractivity contribution is 7.48. The smallest absolute Gasteiger partial charge is 0.463 e. The van der Waals surface area contributed by atoms with E-state index in [0.29, 0.717) is 6.61 Å². The van der Waals surface area contributed by atoms with Crippen LogP contribution in [0.1, 0.15) is 139 Å². The Morgan fingerprint density at radius 3 is 1.56 bits per heavy atom. The summed E-state index contributed by atoms with van der Waals surface area (Å²) in [6, 6.07) is 21.3. The van der Waals surface area contributed by atoms with E-state index in [1.54, 1.807) is 13.8 Å². The highest BCUT2D eigenvalue weighted by Gasteiger charge is 2.51. The minimum atomic E-state index is -3.88. The summed E-state index contributed by atoms with van der Waals surface area (Å²) in [4.78, 5) is 0. The van der Waals surface area contributed by atoms with Crippen LogP contribution in [0.4, 0.5) is 0 Å². The molecule has 54 heavy (non-hydrogen) atoms. The molecule has 0 fully saturated rings. The van der Waals surface area contributed by atoms with Gasteiger partial charge in [0.05, 0.1) is 19.8 Å².